The number of Topliss-reactive ketones (excluding diaryl/α,β-unsaturated/α-hetero) is 1. The summed E-state index contributed by atoms with van der Waals surface area (Å²) < 4.78 is 21.2. The molecule has 61 heavy (non-hydrogen) atoms. The molecule has 15 heteroatoms. The predicted molar refractivity (Wildman–Crippen MR) is 239 cm³/mol. The number of hydrogen-bond acceptors (Lipinski definition) is 13. The second-order valence-electron chi connectivity index (χ2n) is 17.1. The van der Waals surface area contributed by atoms with Crippen molar-refractivity contribution in [1.29, 1.82) is 0 Å². The van der Waals surface area contributed by atoms with E-state index in [9.17, 15) is 24.6 Å². The fourth-order valence-corrected chi connectivity index (χ4v) is 7.65. The van der Waals surface area contributed by atoms with Gasteiger partial charge in [0.25, 0.3) is 0 Å². The zero-order valence-electron chi connectivity index (χ0n) is 38.2. The third kappa shape index (κ3) is 39.5. The van der Waals surface area contributed by atoms with Crippen molar-refractivity contribution >= 4 is 17.7 Å². The predicted octanol–water partition coefficient (Wildman–Crippen LogP) is 5.22. The van der Waals surface area contributed by atoms with E-state index < -0.39 is 24.5 Å². The summed E-state index contributed by atoms with van der Waals surface area (Å²) in [4.78, 5) is 34.5. The van der Waals surface area contributed by atoms with Crippen LogP contribution in [0.15, 0.2) is 0 Å². The molecule has 0 aliphatic heterocycles. The Balaban J connectivity index is 1.90. The van der Waals surface area contributed by atoms with Gasteiger partial charge in [-0.1, -0.05) is 96.3 Å². The summed E-state index contributed by atoms with van der Waals surface area (Å²) in [6.07, 6.45) is 25.9. The third-order valence-electron chi connectivity index (χ3n) is 11.4. The van der Waals surface area contributed by atoms with Crippen molar-refractivity contribution < 1.29 is 53.8 Å². The van der Waals surface area contributed by atoms with Crippen molar-refractivity contribution in [2.24, 2.45) is 11.8 Å². The van der Waals surface area contributed by atoms with Crippen LogP contribution in [-0.4, -0.2) is 142 Å². The van der Waals surface area contributed by atoms with E-state index in [1.165, 1.54) is 116 Å². The van der Waals surface area contributed by atoms with Crippen LogP contribution >= 0.6 is 0 Å². The molecule has 0 radical (unpaired) electrons. The number of ketones is 1. The van der Waals surface area contributed by atoms with E-state index in [2.05, 4.69) is 21.3 Å². The first-order chi connectivity index (χ1) is 29.7. The zero-order chi connectivity index (χ0) is 44.4. The molecule has 1 aliphatic rings. The number of unbranched alkanes of at least 4 members (excludes halogenated alkanes) is 16. The largest absolute Gasteiger partial charge is 0.480 e. The maximum atomic E-state index is 11.9. The van der Waals surface area contributed by atoms with Gasteiger partial charge in [0.15, 0.2) is 12.1 Å². The highest BCUT2D eigenvalue weighted by molar-refractivity contribution is 5.77. The van der Waals surface area contributed by atoms with Crippen LogP contribution in [0.2, 0.25) is 0 Å². The normalized spacial score (nSPS) is 16.5. The first-order valence-electron chi connectivity index (χ1n) is 24.2. The number of amides is 1. The molecule has 0 aromatic carbocycles. The number of rotatable bonds is 46. The molecule has 0 bridgehead atoms. The lowest BCUT2D eigenvalue weighted by molar-refractivity contribution is -0.140. The Hall–Kier alpha value is -1.79. The smallest absolute Gasteiger partial charge is 0.320 e. The number of aliphatic hydroxyl groups is 3. The van der Waals surface area contributed by atoms with Gasteiger partial charge < -0.3 is 55.3 Å². The van der Waals surface area contributed by atoms with E-state index in [4.69, 9.17) is 29.2 Å². The molecule has 0 spiro atoms. The Kier molecular flexibility index (Phi) is 39.6. The van der Waals surface area contributed by atoms with E-state index in [1.54, 1.807) is 0 Å². The highest BCUT2D eigenvalue weighted by atomic mass is 16.5. The molecule has 2 unspecified atom stereocenters. The summed E-state index contributed by atoms with van der Waals surface area (Å²) in [5.74, 6) is 0.00213. The minimum absolute atomic E-state index is 0.0397. The lowest BCUT2D eigenvalue weighted by Gasteiger charge is -2.30. The van der Waals surface area contributed by atoms with Crippen LogP contribution in [0.5, 0.6) is 0 Å². The number of carbonyl (C=O) groups is 3. The van der Waals surface area contributed by atoms with Gasteiger partial charge in [0.2, 0.25) is 5.91 Å². The van der Waals surface area contributed by atoms with Gasteiger partial charge in [-0.05, 0) is 96.2 Å². The second kappa shape index (κ2) is 42.2. The van der Waals surface area contributed by atoms with Gasteiger partial charge in [0.1, 0.15) is 25.5 Å². The standard InChI is InChI=1S/C46H90N4O11/c1-39(51)37-60-33-31-59-30-28-49-44(53)38-61-34-32-58-29-27-48-43(52)25-24-42(46(56)57)50-36-41-22-20-40(21-23-41)35-47-26-18-16-14-12-10-8-6-4-2-3-5-7-9-11-13-15-17-19-45(54)55/h40-43,45,47-48,50,52,54-55H,2-38H2,1H3,(H,49,53)(H,56,57)/t40-,41+,42?,43?. The highest BCUT2D eigenvalue weighted by Crippen LogP contribution is 2.28. The summed E-state index contributed by atoms with van der Waals surface area (Å²) >= 11 is 0. The molecule has 1 saturated carbocycles. The Morgan fingerprint density at radius 3 is 1.52 bits per heavy atom. The quantitative estimate of drug-likeness (QED) is 0.0291. The minimum Gasteiger partial charge on any atom is -0.480 e. The number of hydrogen-bond donors (Lipinski definition) is 8. The molecular weight excluding hydrogens is 785 g/mol. The Morgan fingerprint density at radius 2 is 1.00 bits per heavy atom. The molecule has 0 aromatic rings. The van der Waals surface area contributed by atoms with Crippen LogP contribution in [0.1, 0.15) is 161 Å². The monoisotopic (exact) mass is 875 g/mol. The third-order valence-corrected chi connectivity index (χ3v) is 11.4. The number of carboxylic acids is 1. The molecule has 0 saturated heterocycles. The van der Waals surface area contributed by atoms with Gasteiger partial charge >= 0.3 is 5.97 Å². The van der Waals surface area contributed by atoms with Crippen molar-refractivity contribution in [2.75, 3.05) is 85.6 Å². The van der Waals surface area contributed by atoms with E-state index >= 15 is 0 Å². The number of carbonyl (C=O) groups excluding carboxylic acids is 2. The van der Waals surface area contributed by atoms with Crippen LogP contribution < -0.4 is 21.3 Å². The summed E-state index contributed by atoms with van der Waals surface area (Å²) in [7, 11) is 0. The van der Waals surface area contributed by atoms with Gasteiger partial charge in [-0.3, -0.25) is 19.7 Å². The fourth-order valence-electron chi connectivity index (χ4n) is 7.65. The van der Waals surface area contributed by atoms with E-state index in [-0.39, 0.29) is 31.5 Å². The number of nitrogens with one attached hydrogen (secondary N) is 4. The summed E-state index contributed by atoms with van der Waals surface area (Å²) in [6.45, 7) is 6.94. The molecule has 1 aliphatic carbocycles. The number of ether oxygens (including phenoxy) is 4. The molecule has 15 nitrogen and oxygen atoms in total. The molecule has 1 amide bonds. The number of aliphatic carboxylic acids is 1. The lowest BCUT2D eigenvalue weighted by Crippen LogP contribution is -2.42. The van der Waals surface area contributed by atoms with Gasteiger partial charge in [-0.2, -0.15) is 0 Å². The zero-order valence-corrected chi connectivity index (χ0v) is 38.2. The first-order valence-corrected chi connectivity index (χ1v) is 24.2. The van der Waals surface area contributed by atoms with Crippen molar-refractivity contribution in [3.05, 3.63) is 0 Å². The number of aliphatic hydroxyl groups excluding tert-OH is 2. The maximum absolute atomic E-state index is 11.9. The molecule has 360 valence electrons. The Morgan fingerprint density at radius 1 is 0.525 bits per heavy atom. The molecule has 1 fully saturated rings. The van der Waals surface area contributed by atoms with Gasteiger partial charge in [0.05, 0.1) is 39.6 Å². The van der Waals surface area contributed by atoms with Crippen molar-refractivity contribution in [3.8, 4) is 0 Å². The van der Waals surface area contributed by atoms with Crippen LogP contribution in [0.25, 0.3) is 0 Å². The lowest BCUT2D eigenvalue weighted by atomic mass is 9.82. The van der Waals surface area contributed by atoms with E-state index in [1.807, 2.05) is 0 Å². The summed E-state index contributed by atoms with van der Waals surface area (Å²) in [5, 5.41) is 50.4. The van der Waals surface area contributed by atoms with Gasteiger partial charge in [-0.25, -0.2) is 0 Å². The SMILES string of the molecule is CC(=O)COCCOCCNC(=O)COCCOCCNC(O)CCC(NC[C@H]1CC[C@@H](CNCCCCCCCCCCCCCCCCCCCC(O)O)CC1)C(=O)O. The van der Waals surface area contributed by atoms with Crippen molar-refractivity contribution in [3.63, 3.8) is 0 Å². The maximum Gasteiger partial charge on any atom is 0.320 e. The van der Waals surface area contributed by atoms with Gasteiger partial charge in [0, 0.05) is 13.1 Å². The van der Waals surface area contributed by atoms with Crippen LogP contribution in [-0.2, 0) is 33.3 Å². The van der Waals surface area contributed by atoms with Gasteiger partial charge in [-0.15, -0.1) is 0 Å². The topological polar surface area (TPSA) is 217 Å². The van der Waals surface area contributed by atoms with Crippen LogP contribution in [0, 0.1) is 11.8 Å². The molecule has 1 rings (SSSR count). The summed E-state index contributed by atoms with van der Waals surface area (Å²) in [6, 6.07) is -0.693. The number of carboxylic acid groups (broad SMARTS) is 1. The minimum atomic E-state index is -1.13. The highest BCUT2D eigenvalue weighted by Gasteiger charge is 2.24. The molecular formula is C46H90N4O11. The fraction of sp³-hybridized carbons (Fsp3) is 0.935. The van der Waals surface area contributed by atoms with Crippen molar-refractivity contribution in [2.45, 2.75) is 180 Å². The molecule has 0 heterocycles. The van der Waals surface area contributed by atoms with Crippen molar-refractivity contribution in [1.82, 2.24) is 21.3 Å². The average molecular weight is 875 g/mol. The average Bonchev–Trinajstić information content (AvgIpc) is 3.23. The summed E-state index contributed by atoms with van der Waals surface area (Å²) in [5.41, 5.74) is 0. The van der Waals surface area contributed by atoms with E-state index in [0.717, 1.165) is 38.8 Å². The first kappa shape index (κ1) is 57.2. The molecule has 0 aromatic heterocycles. The second-order valence-corrected chi connectivity index (χ2v) is 17.1. The Labute approximate surface area is 368 Å². The van der Waals surface area contributed by atoms with E-state index in [0.29, 0.717) is 83.8 Å². The molecule has 8 N–H and O–H groups in total. The Bertz CT molecular complexity index is 1020. The van der Waals surface area contributed by atoms with Crippen LogP contribution in [0.4, 0.5) is 0 Å². The van der Waals surface area contributed by atoms with Crippen LogP contribution in [0.3, 0.4) is 0 Å². The molecule has 2 atom stereocenters.